The number of rotatable bonds is 5. The molecule has 0 N–H and O–H groups in total. The molecule has 4 rings (SSSR count). The Hall–Kier alpha value is -2.87. The average molecular weight is 395 g/mol. The molecule has 0 aliphatic carbocycles. The number of methoxy groups -OCH3 is 1. The van der Waals surface area contributed by atoms with Crippen LogP contribution in [0.5, 0.6) is 5.75 Å². The Balaban J connectivity index is 1.72. The molecule has 0 saturated heterocycles. The Morgan fingerprint density at radius 2 is 1.79 bits per heavy atom. The molecule has 2 aromatic carbocycles. The summed E-state index contributed by atoms with van der Waals surface area (Å²) >= 11 is 1.58. The lowest BCUT2D eigenvalue weighted by atomic mass is 10.1. The average Bonchev–Trinajstić information content (AvgIpc) is 3.30. The molecule has 0 fully saturated rings. The van der Waals surface area contributed by atoms with Gasteiger partial charge in [-0.05, 0) is 67.6 Å². The molecule has 0 radical (unpaired) electrons. The van der Waals surface area contributed by atoms with Crippen LogP contribution in [0.4, 0.5) is 0 Å². The lowest BCUT2D eigenvalue weighted by Gasteiger charge is -2.19. The molecule has 0 atom stereocenters. The molecular weight excluding hydrogens is 372 g/mol. The second-order valence-corrected chi connectivity index (χ2v) is 8.33. The smallest absolute Gasteiger partial charge is 0.210 e. The van der Waals surface area contributed by atoms with Gasteiger partial charge in [0.15, 0.2) is 0 Å². The van der Waals surface area contributed by atoms with Gasteiger partial charge in [0, 0.05) is 5.69 Å². The quantitative estimate of drug-likeness (QED) is 0.475. The molecule has 0 aliphatic heterocycles. The Bertz CT molecular complexity index is 1090. The van der Waals surface area contributed by atoms with Crippen LogP contribution in [0.1, 0.15) is 26.6 Å². The van der Waals surface area contributed by atoms with Gasteiger partial charge in [0.05, 0.1) is 29.4 Å². The minimum atomic E-state index is -0.179. The van der Waals surface area contributed by atoms with E-state index in [9.17, 15) is 0 Å². The van der Waals surface area contributed by atoms with Crippen molar-refractivity contribution < 1.29 is 4.74 Å². The number of aromatic nitrogens is 6. The number of ether oxygens (including phenoxy) is 1. The van der Waals surface area contributed by atoms with Crippen molar-refractivity contribution >= 4 is 22.8 Å². The minimum Gasteiger partial charge on any atom is -0.497 e. The van der Waals surface area contributed by atoms with Crippen molar-refractivity contribution in [3.8, 4) is 11.4 Å². The van der Waals surface area contributed by atoms with E-state index in [4.69, 9.17) is 9.72 Å². The maximum absolute atomic E-state index is 5.29. The molecule has 2 heterocycles. The molecule has 4 aromatic rings. The van der Waals surface area contributed by atoms with Gasteiger partial charge < -0.3 is 4.74 Å². The summed E-state index contributed by atoms with van der Waals surface area (Å²) in [4.78, 5) is 4.86. The molecule has 28 heavy (non-hydrogen) atoms. The summed E-state index contributed by atoms with van der Waals surface area (Å²) in [6.07, 6.45) is 0. The number of imidazole rings is 1. The van der Waals surface area contributed by atoms with Gasteiger partial charge in [0.1, 0.15) is 11.6 Å². The Morgan fingerprint density at radius 1 is 1.04 bits per heavy atom. The van der Waals surface area contributed by atoms with Crippen molar-refractivity contribution in [2.75, 3.05) is 7.11 Å². The molecule has 0 unspecified atom stereocenters. The maximum atomic E-state index is 5.29. The third-order valence-corrected chi connectivity index (χ3v) is 5.28. The molecule has 0 saturated carbocycles. The van der Waals surface area contributed by atoms with Gasteiger partial charge >= 0.3 is 0 Å². The number of fused-ring (bicyclic) bond motifs is 1. The van der Waals surface area contributed by atoms with Gasteiger partial charge in [-0.1, -0.05) is 23.9 Å². The highest BCUT2D eigenvalue weighted by Gasteiger charge is 2.21. The van der Waals surface area contributed by atoms with E-state index >= 15 is 0 Å². The first-order valence-electron chi connectivity index (χ1n) is 9.00. The van der Waals surface area contributed by atoms with Crippen LogP contribution in [-0.2, 0) is 11.3 Å². The predicted octanol–water partition coefficient (Wildman–Crippen LogP) is 4.07. The number of tetrazole rings is 1. The fourth-order valence-corrected chi connectivity index (χ4v) is 3.99. The SMILES string of the molecule is COc1ccc(-n2c(CSc3nnnn3C(C)(C)C)nc3ccccc32)cc1. The van der Waals surface area contributed by atoms with E-state index in [-0.39, 0.29) is 5.54 Å². The standard InChI is InChI=1S/C20H22N6OS/c1-20(2,3)26-19(22-23-24-26)28-13-18-21-16-7-5-6-8-17(16)25(18)14-9-11-15(27-4)12-10-14/h5-12H,13H2,1-4H3. The van der Waals surface area contributed by atoms with Gasteiger partial charge in [-0.15, -0.1) is 5.10 Å². The molecule has 0 aliphatic rings. The highest BCUT2D eigenvalue weighted by Crippen LogP contribution is 2.29. The summed E-state index contributed by atoms with van der Waals surface area (Å²) in [6.45, 7) is 6.25. The largest absolute Gasteiger partial charge is 0.497 e. The van der Waals surface area contributed by atoms with Crippen molar-refractivity contribution in [3.63, 3.8) is 0 Å². The zero-order chi connectivity index (χ0) is 19.7. The fourth-order valence-electron chi connectivity index (χ4n) is 3.01. The van der Waals surface area contributed by atoms with E-state index in [1.165, 1.54) is 0 Å². The Kier molecular flexibility index (Phi) is 4.80. The van der Waals surface area contributed by atoms with E-state index < -0.39 is 0 Å². The van der Waals surface area contributed by atoms with Crippen molar-refractivity contribution in [2.24, 2.45) is 0 Å². The maximum Gasteiger partial charge on any atom is 0.210 e. The number of hydrogen-bond acceptors (Lipinski definition) is 6. The fraction of sp³-hybridized carbons (Fsp3) is 0.300. The van der Waals surface area contributed by atoms with E-state index in [0.717, 1.165) is 33.5 Å². The Labute approximate surface area is 167 Å². The lowest BCUT2D eigenvalue weighted by Crippen LogP contribution is -2.24. The summed E-state index contributed by atoms with van der Waals surface area (Å²) in [6, 6.07) is 16.2. The van der Waals surface area contributed by atoms with Crippen LogP contribution in [0.25, 0.3) is 16.7 Å². The Morgan fingerprint density at radius 3 is 2.50 bits per heavy atom. The van der Waals surface area contributed by atoms with E-state index in [1.54, 1.807) is 18.9 Å². The van der Waals surface area contributed by atoms with Crippen LogP contribution in [-0.4, -0.2) is 36.9 Å². The first-order chi connectivity index (χ1) is 13.5. The van der Waals surface area contributed by atoms with Gasteiger partial charge in [-0.3, -0.25) is 4.57 Å². The first-order valence-corrected chi connectivity index (χ1v) is 9.98. The molecule has 7 nitrogen and oxygen atoms in total. The third kappa shape index (κ3) is 3.47. The summed E-state index contributed by atoms with van der Waals surface area (Å²) in [5.74, 6) is 2.42. The van der Waals surface area contributed by atoms with Crippen molar-refractivity contribution in [2.45, 2.75) is 37.2 Å². The van der Waals surface area contributed by atoms with Crippen molar-refractivity contribution in [3.05, 3.63) is 54.4 Å². The molecule has 2 aromatic heterocycles. The number of benzene rings is 2. The van der Waals surface area contributed by atoms with Crippen LogP contribution in [0.2, 0.25) is 0 Å². The van der Waals surface area contributed by atoms with Crippen LogP contribution < -0.4 is 4.74 Å². The van der Waals surface area contributed by atoms with Crippen LogP contribution in [0, 0.1) is 0 Å². The first kappa shape index (κ1) is 18.5. The minimum absolute atomic E-state index is 0.179. The normalized spacial score (nSPS) is 11.9. The zero-order valence-electron chi connectivity index (χ0n) is 16.3. The molecule has 144 valence electrons. The molecule has 0 bridgehead atoms. The molecular formula is C20H22N6OS. The van der Waals surface area contributed by atoms with Crippen LogP contribution >= 0.6 is 11.8 Å². The summed E-state index contributed by atoms with van der Waals surface area (Å²) in [5.41, 5.74) is 2.89. The van der Waals surface area contributed by atoms with Gasteiger partial charge in [-0.2, -0.15) is 0 Å². The van der Waals surface area contributed by atoms with E-state index in [0.29, 0.717) is 5.75 Å². The second-order valence-electron chi connectivity index (χ2n) is 7.38. The zero-order valence-corrected chi connectivity index (χ0v) is 17.1. The van der Waals surface area contributed by atoms with E-state index in [2.05, 4.69) is 46.9 Å². The molecule has 8 heteroatoms. The van der Waals surface area contributed by atoms with Crippen molar-refractivity contribution in [1.29, 1.82) is 0 Å². The topological polar surface area (TPSA) is 70.7 Å². The van der Waals surface area contributed by atoms with E-state index in [1.807, 2.05) is 47.1 Å². The number of thioether (sulfide) groups is 1. The predicted molar refractivity (Wildman–Crippen MR) is 110 cm³/mol. The monoisotopic (exact) mass is 394 g/mol. The third-order valence-electron chi connectivity index (χ3n) is 4.37. The highest BCUT2D eigenvalue weighted by atomic mass is 32.2. The second kappa shape index (κ2) is 7.27. The molecule has 0 amide bonds. The van der Waals surface area contributed by atoms with Crippen LogP contribution in [0.15, 0.2) is 53.7 Å². The number of para-hydroxylation sites is 2. The number of nitrogens with zero attached hydrogens (tertiary/aromatic N) is 6. The van der Waals surface area contributed by atoms with Crippen molar-refractivity contribution in [1.82, 2.24) is 29.8 Å². The summed E-state index contributed by atoms with van der Waals surface area (Å²) in [5, 5.41) is 12.9. The van der Waals surface area contributed by atoms with Gasteiger partial charge in [-0.25, -0.2) is 9.67 Å². The summed E-state index contributed by atoms with van der Waals surface area (Å²) < 4.78 is 9.31. The lowest BCUT2D eigenvalue weighted by molar-refractivity contribution is 0.321. The van der Waals surface area contributed by atoms with Gasteiger partial charge in [0.25, 0.3) is 0 Å². The summed E-state index contributed by atoms with van der Waals surface area (Å²) in [7, 11) is 1.67. The van der Waals surface area contributed by atoms with Gasteiger partial charge in [0.2, 0.25) is 5.16 Å². The highest BCUT2D eigenvalue weighted by molar-refractivity contribution is 7.98. The molecule has 0 spiro atoms. The number of hydrogen-bond donors (Lipinski definition) is 0. The van der Waals surface area contributed by atoms with Crippen LogP contribution in [0.3, 0.4) is 0 Å².